The molecule has 3 N–H and O–H groups in total. The van der Waals surface area contributed by atoms with Crippen molar-refractivity contribution >= 4 is 33.0 Å². The molecule has 0 bridgehead atoms. The molecule has 0 aliphatic heterocycles. The Labute approximate surface area is 123 Å². The minimum atomic E-state index is -0.0763. The second-order valence-electron chi connectivity index (χ2n) is 4.95. The van der Waals surface area contributed by atoms with Crippen molar-refractivity contribution in [3.63, 3.8) is 0 Å². The first-order valence-electron chi connectivity index (χ1n) is 6.79. The monoisotopic (exact) mass is 291 g/mol. The van der Waals surface area contributed by atoms with E-state index in [1.807, 2.05) is 32.2 Å². The van der Waals surface area contributed by atoms with Gasteiger partial charge in [-0.2, -0.15) is 0 Å². The summed E-state index contributed by atoms with van der Waals surface area (Å²) in [5, 5.41) is 3.91. The number of nitrogens with one attached hydrogen (secondary N) is 1. The molecule has 1 amide bonds. The maximum absolute atomic E-state index is 12.2. The summed E-state index contributed by atoms with van der Waals surface area (Å²) in [5.74, 6) is -0.0763. The summed E-state index contributed by atoms with van der Waals surface area (Å²) in [6.07, 6.45) is 0. The second kappa shape index (κ2) is 6.24. The van der Waals surface area contributed by atoms with Crippen LogP contribution in [0.15, 0.2) is 18.2 Å². The van der Waals surface area contributed by atoms with Gasteiger partial charge in [0, 0.05) is 23.2 Å². The Kier molecular flexibility index (Phi) is 4.62. The molecule has 108 valence electrons. The number of benzene rings is 1. The molecule has 0 spiro atoms. The zero-order valence-electron chi connectivity index (χ0n) is 12.2. The molecular formula is C15H21N3OS. The molecule has 0 atom stereocenters. The number of fused-ring (bicyclic) bond motifs is 1. The molecule has 1 aromatic carbocycles. The number of nitrogens with two attached hydrogens (primary N) is 1. The molecule has 1 heterocycles. The van der Waals surface area contributed by atoms with E-state index >= 15 is 0 Å². The molecule has 2 aromatic rings. The van der Waals surface area contributed by atoms with Crippen molar-refractivity contribution in [3.8, 4) is 0 Å². The van der Waals surface area contributed by atoms with Crippen molar-refractivity contribution < 1.29 is 4.79 Å². The summed E-state index contributed by atoms with van der Waals surface area (Å²) in [6.45, 7) is 6.58. The van der Waals surface area contributed by atoms with E-state index in [-0.39, 0.29) is 5.91 Å². The zero-order chi connectivity index (χ0) is 14.7. The van der Waals surface area contributed by atoms with Gasteiger partial charge in [-0.25, -0.2) is 0 Å². The van der Waals surface area contributed by atoms with Crippen molar-refractivity contribution in [1.29, 1.82) is 0 Å². The van der Waals surface area contributed by atoms with Gasteiger partial charge in [-0.05, 0) is 26.1 Å². The Bertz CT molecular complexity index is 621. The number of likely N-dealkylation sites (N-methyl/N-ethyl adjacent to an activating group) is 1. The second-order valence-corrected chi connectivity index (χ2v) is 5.97. The van der Waals surface area contributed by atoms with Gasteiger partial charge in [-0.3, -0.25) is 4.79 Å². The standard InChI is InChI=1S/C15H21N3OS/c1-4-18(3)9-8-17-15(19)14-12(16)11-7-5-6-10(2)13(11)20-14/h5-7H,4,8-9,16H2,1-3H3,(H,17,19). The number of hydrogen-bond donors (Lipinski definition) is 2. The molecular weight excluding hydrogens is 270 g/mol. The summed E-state index contributed by atoms with van der Waals surface area (Å²) >= 11 is 1.47. The molecule has 0 aliphatic carbocycles. The maximum atomic E-state index is 12.2. The van der Waals surface area contributed by atoms with Gasteiger partial charge in [-0.1, -0.05) is 25.1 Å². The third kappa shape index (κ3) is 2.94. The number of nitrogens with zero attached hydrogens (tertiary/aromatic N) is 1. The fourth-order valence-corrected chi connectivity index (χ4v) is 3.15. The van der Waals surface area contributed by atoms with Crippen LogP contribution in [0, 0.1) is 6.92 Å². The Morgan fingerprint density at radius 1 is 1.45 bits per heavy atom. The van der Waals surface area contributed by atoms with Gasteiger partial charge < -0.3 is 16.0 Å². The van der Waals surface area contributed by atoms with Crippen LogP contribution in [0.5, 0.6) is 0 Å². The molecule has 2 rings (SSSR count). The highest BCUT2D eigenvalue weighted by atomic mass is 32.1. The summed E-state index contributed by atoms with van der Waals surface area (Å²) in [5.41, 5.74) is 7.85. The number of thiophene rings is 1. The van der Waals surface area contributed by atoms with Gasteiger partial charge >= 0.3 is 0 Å². The van der Waals surface area contributed by atoms with Crippen molar-refractivity contribution in [1.82, 2.24) is 10.2 Å². The van der Waals surface area contributed by atoms with Gasteiger partial charge in [0.25, 0.3) is 5.91 Å². The lowest BCUT2D eigenvalue weighted by Crippen LogP contribution is -2.32. The first-order chi connectivity index (χ1) is 9.54. The predicted octanol–water partition coefficient (Wildman–Crippen LogP) is 2.47. The smallest absolute Gasteiger partial charge is 0.263 e. The number of hydrogen-bond acceptors (Lipinski definition) is 4. The number of amides is 1. The first kappa shape index (κ1) is 14.8. The molecule has 4 nitrogen and oxygen atoms in total. The zero-order valence-corrected chi connectivity index (χ0v) is 13.0. The average Bonchev–Trinajstić information content (AvgIpc) is 2.78. The molecule has 0 radical (unpaired) electrons. The number of rotatable bonds is 5. The predicted molar refractivity (Wildman–Crippen MR) is 86.5 cm³/mol. The number of aryl methyl sites for hydroxylation is 1. The Morgan fingerprint density at radius 3 is 2.85 bits per heavy atom. The van der Waals surface area contributed by atoms with E-state index in [4.69, 9.17) is 5.73 Å². The van der Waals surface area contributed by atoms with Crippen LogP contribution >= 0.6 is 11.3 Å². The highest BCUT2D eigenvalue weighted by Crippen LogP contribution is 2.35. The lowest BCUT2D eigenvalue weighted by Gasteiger charge is -2.13. The number of anilines is 1. The van der Waals surface area contributed by atoms with E-state index in [1.165, 1.54) is 11.3 Å². The van der Waals surface area contributed by atoms with Crippen LogP contribution in [-0.2, 0) is 0 Å². The van der Waals surface area contributed by atoms with Crippen LogP contribution in [0.2, 0.25) is 0 Å². The minimum Gasteiger partial charge on any atom is -0.397 e. The van der Waals surface area contributed by atoms with E-state index in [9.17, 15) is 4.79 Å². The van der Waals surface area contributed by atoms with Gasteiger partial charge in [0.1, 0.15) is 4.88 Å². The van der Waals surface area contributed by atoms with Crippen molar-refractivity contribution in [2.45, 2.75) is 13.8 Å². The fraction of sp³-hybridized carbons (Fsp3) is 0.400. The number of carbonyl (C=O) groups is 1. The van der Waals surface area contributed by atoms with Gasteiger partial charge in [-0.15, -0.1) is 11.3 Å². The van der Waals surface area contributed by atoms with Crippen LogP contribution in [0.4, 0.5) is 5.69 Å². The topological polar surface area (TPSA) is 58.4 Å². The van der Waals surface area contributed by atoms with Gasteiger partial charge in [0.2, 0.25) is 0 Å². The molecule has 20 heavy (non-hydrogen) atoms. The molecule has 5 heteroatoms. The van der Waals surface area contributed by atoms with E-state index in [0.29, 0.717) is 17.1 Å². The van der Waals surface area contributed by atoms with Crippen LogP contribution in [-0.4, -0.2) is 37.5 Å². The Morgan fingerprint density at radius 2 is 2.20 bits per heavy atom. The first-order valence-corrected chi connectivity index (χ1v) is 7.60. The van der Waals surface area contributed by atoms with Gasteiger partial charge in [0.05, 0.1) is 5.69 Å². The SMILES string of the molecule is CCN(C)CCNC(=O)c1sc2c(C)cccc2c1N. The van der Waals surface area contributed by atoms with Crippen molar-refractivity contribution in [2.24, 2.45) is 0 Å². The Balaban J connectivity index is 2.14. The Hall–Kier alpha value is -1.59. The lowest BCUT2D eigenvalue weighted by atomic mass is 10.1. The quantitative estimate of drug-likeness (QED) is 0.889. The molecule has 1 aromatic heterocycles. The maximum Gasteiger partial charge on any atom is 0.263 e. The summed E-state index contributed by atoms with van der Waals surface area (Å²) in [6, 6.07) is 5.98. The van der Waals surface area contributed by atoms with Crippen LogP contribution in [0.3, 0.4) is 0 Å². The van der Waals surface area contributed by atoms with Crippen LogP contribution in [0.1, 0.15) is 22.2 Å². The van der Waals surface area contributed by atoms with E-state index < -0.39 is 0 Å². The third-order valence-electron chi connectivity index (χ3n) is 3.48. The molecule has 0 saturated carbocycles. The van der Waals surface area contributed by atoms with Crippen LogP contribution in [0.25, 0.3) is 10.1 Å². The van der Waals surface area contributed by atoms with Gasteiger partial charge in [0.15, 0.2) is 0 Å². The molecule has 0 unspecified atom stereocenters. The van der Waals surface area contributed by atoms with E-state index in [0.717, 1.165) is 28.7 Å². The van der Waals surface area contributed by atoms with Crippen molar-refractivity contribution in [3.05, 3.63) is 28.6 Å². The molecule has 0 saturated heterocycles. The van der Waals surface area contributed by atoms with Crippen molar-refractivity contribution in [2.75, 3.05) is 32.4 Å². The van der Waals surface area contributed by atoms with E-state index in [2.05, 4.69) is 17.1 Å². The number of nitrogen functional groups attached to an aromatic ring is 1. The fourth-order valence-electron chi connectivity index (χ4n) is 2.05. The highest BCUT2D eigenvalue weighted by molar-refractivity contribution is 7.21. The highest BCUT2D eigenvalue weighted by Gasteiger charge is 2.16. The average molecular weight is 291 g/mol. The summed E-state index contributed by atoms with van der Waals surface area (Å²) in [7, 11) is 2.03. The summed E-state index contributed by atoms with van der Waals surface area (Å²) in [4.78, 5) is 15.0. The number of carbonyl (C=O) groups excluding carboxylic acids is 1. The molecule has 0 fully saturated rings. The minimum absolute atomic E-state index is 0.0763. The lowest BCUT2D eigenvalue weighted by molar-refractivity contribution is 0.0955. The van der Waals surface area contributed by atoms with E-state index in [1.54, 1.807) is 0 Å². The molecule has 0 aliphatic rings. The normalized spacial score (nSPS) is 11.2. The van der Waals surface area contributed by atoms with Crippen LogP contribution < -0.4 is 11.1 Å². The third-order valence-corrected chi connectivity index (χ3v) is 4.83. The summed E-state index contributed by atoms with van der Waals surface area (Å²) < 4.78 is 1.10. The largest absolute Gasteiger partial charge is 0.397 e.